The number of hydrogen-bond acceptors (Lipinski definition) is 4. The van der Waals surface area contributed by atoms with E-state index in [-0.39, 0.29) is 12.8 Å². The number of amides is 2. The van der Waals surface area contributed by atoms with Crippen LogP contribution in [0.15, 0.2) is 66.7 Å². The molecule has 2 aromatic carbocycles. The molecule has 0 fully saturated rings. The highest BCUT2D eigenvalue weighted by molar-refractivity contribution is 7.16. The summed E-state index contributed by atoms with van der Waals surface area (Å²) >= 11 is 7.44. The third kappa shape index (κ3) is 7.43. The van der Waals surface area contributed by atoms with Crippen molar-refractivity contribution in [2.75, 3.05) is 0 Å². The van der Waals surface area contributed by atoms with Crippen LogP contribution in [0, 0.1) is 0 Å². The Morgan fingerprint density at radius 3 is 2.21 bits per heavy atom. The number of halogens is 1. The predicted octanol–water partition coefficient (Wildman–Crippen LogP) is 5.17. The number of aliphatic carboxylic acids is 1. The molecule has 0 radical (unpaired) electrons. The molecule has 0 aliphatic carbocycles. The summed E-state index contributed by atoms with van der Waals surface area (Å²) in [6.45, 7) is 3.74. The molecule has 34 heavy (non-hydrogen) atoms. The second-order valence-corrected chi connectivity index (χ2v) is 10.5. The molecule has 2 amide bonds. The van der Waals surface area contributed by atoms with Crippen molar-refractivity contribution in [1.82, 2.24) is 10.6 Å². The quantitative estimate of drug-likeness (QED) is 0.359. The van der Waals surface area contributed by atoms with Gasteiger partial charge in [0.15, 0.2) is 0 Å². The number of benzene rings is 2. The molecule has 1 atom stereocenters. The molecule has 3 N–H and O–H groups in total. The van der Waals surface area contributed by atoms with Gasteiger partial charge in [0, 0.05) is 28.8 Å². The zero-order valence-electron chi connectivity index (χ0n) is 19.0. The summed E-state index contributed by atoms with van der Waals surface area (Å²) in [7, 11) is 0. The van der Waals surface area contributed by atoms with Crippen LogP contribution in [0.4, 0.5) is 0 Å². The van der Waals surface area contributed by atoms with E-state index in [1.165, 1.54) is 11.3 Å². The molecule has 3 aromatic rings. The lowest BCUT2D eigenvalue weighted by Crippen LogP contribution is -2.54. The molecule has 0 unspecified atom stereocenters. The van der Waals surface area contributed by atoms with Crippen LogP contribution in [0.25, 0.3) is 11.1 Å². The molecule has 6 nitrogen and oxygen atoms in total. The molecule has 0 aliphatic heterocycles. The van der Waals surface area contributed by atoms with Crippen LogP contribution in [0.2, 0.25) is 4.34 Å². The van der Waals surface area contributed by atoms with Gasteiger partial charge in [-0.05, 0) is 55.7 Å². The van der Waals surface area contributed by atoms with Gasteiger partial charge in [-0.15, -0.1) is 11.3 Å². The van der Waals surface area contributed by atoms with E-state index in [0.717, 1.165) is 16.0 Å². The summed E-state index contributed by atoms with van der Waals surface area (Å²) in [6, 6.07) is 19.6. The van der Waals surface area contributed by atoms with E-state index < -0.39 is 29.4 Å². The van der Waals surface area contributed by atoms with E-state index >= 15 is 0 Å². The summed E-state index contributed by atoms with van der Waals surface area (Å²) in [5.74, 6) is -1.90. The molecule has 0 bridgehead atoms. The van der Waals surface area contributed by atoms with Gasteiger partial charge in [0.05, 0.1) is 4.34 Å². The number of rotatable bonds is 10. The topological polar surface area (TPSA) is 95.5 Å². The van der Waals surface area contributed by atoms with E-state index in [0.29, 0.717) is 16.3 Å². The zero-order chi connectivity index (χ0) is 24.7. The van der Waals surface area contributed by atoms with Gasteiger partial charge in [0.25, 0.3) is 5.91 Å². The largest absolute Gasteiger partial charge is 0.481 e. The second-order valence-electron chi connectivity index (χ2n) is 8.66. The van der Waals surface area contributed by atoms with E-state index in [2.05, 4.69) is 10.6 Å². The Morgan fingerprint density at radius 1 is 0.971 bits per heavy atom. The van der Waals surface area contributed by atoms with Crippen LogP contribution in [-0.4, -0.2) is 34.5 Å². The lowest BCUT2D eigenvalue weighted by atomic mass is 9.98. The maximum absolute atomic E-state index is 13.0. The third-order valence-corrected chi connectivity index (χ3v) is 6.46. The summed E-state index contributed by atoms with van der Waals surface area (Å²) < 4.78 is 0.669. The van der Waals surface area contributed by atoms with Gasteiger partial charge in [-0.2, -0.15) is 0 Å². The van der Waals surface area contributed by atoms with E-state index in [4.69, 9.17) is 16.7 Å². The van der Waals surface area contributed by atoms with E-state index in [9.17, 15) is 14.4 Å². The number of hydrogen-bond donors (Lipinski definition) is 3. The van der Waals surface area contributed by atoms with Crippen molar-refractivity contribution in [1.29, 1.82) is 0 Å². The fraction of sp³-hybridized carbons (Fsp3) is 0.269. The number of carboxylic acid groups (broad SMARTS) is 1. The van der Waals surface area contributed by atoms with Gasteiger partial charge >= 0.3 is 5.97 Å². The summed E-state index contributed by atoms with van der Waals surface area (Å²) in [6.07, 6.45) is 0.291. The molecule has 1 heterocycles. The average Bonchev–Trinajstić information content (AvgIpc) is 3.20. The van der Waals surface area contributed by atoms with Crippen LogP contribution < -0.4 is 10.6 Å². The fourth-order valence-electron chi connectivity index (χ4n) is 3.57. The van der Waals surface area contributed by atoms with Gasteiger partial charge in [-0.3, -0.25) is 14.4 Å². The SMILES string of the molecule is CC(C)(Cc1ccc(Cl)s1)NC(=O)[C@H](CCC(=O)O)NC(=O)c1ccc(-c2ccccc2)cc1. The lowest BCUT2D eigenvalue weighted by Gasteiger charge is -2.29. The van der Waals surface area contributed by atoms with E-state index in [1.54, 1.807) is 18.2 Å². The molecule has 0 saturated heterocycles. The predicted molar refractivity (Wildman–Crippen MR) is 135 cm³/mol. The van der Waals surface area contributed by atoms with Crippen molar-refractivity contribution in [3.63, 3.8) is 0 Å². The molecule has 8 heteroatoms. The Bertz CT molecular complexity index is 1140. The Labute approximate surface area is 208 Å². The maximum atomic E-state index is 13.0. The van der Waals surface area contributed by atoms with Crippen LogP contribution in [0.5, 0.6) is 0 Å². The minimum Gasteiger partial charge on any atom is -0.481 e. The zero-order valence-corrected chi connectivity index (χ0v) is 20.6. The number of carboxylic acids is 1. The van der Waals surface area contributed by atoms with Gasteiger partial charge in [0.2, 0.25) is 5.91 Å². The Morgan fingerprint density at radius 2 is 1.62 bits per heavy atom. The lowest BCUT2D eigenvalue weighted by molar-refractivity contribution is -0.137. The first-order chi connectivity index (χ1) is 16.1. The first-order valence-corrected chi connectivity index (χ1v) is 12.1. The smallest absolute Gasteiger partial charge is 0.303 e. The Hall–Kier alpha value is -3.16. The van der Waals surface area contributed by atoms with Crippen molar-refractivity contribution >= 4 is 40.7 Å². The second kappa shape index (κ2) is 11.3. The fourth-order valence-corrected chi connectivity index (χ4v) is 4.89. The minimum absolute atomic E-state index is 0.0179. The summed E-state index contributed by atoms with van der Waals surface area (Å²) in [5, 5.41) is 14.8. The molecule has 1 aromatic heterocycles. The standard InChI is InChI=1S/C26H27ClN2O4S/c1-26(2,16-20-12-14-22(27)34-20)29-25(33)21(13-15-23(30)31)28-24(32)19-10-8-18(9-11-19)17-6-4-3-5-7-17/h3-12,14,21H,13,15-16H2,1-2H3,(H,28,32)(H,29,33)(H,30,31)/t21-/m0/s1. The van der Waals surface area contributed by atoms with Crippen molar-refractivity contribution in [3.8, 4) is 11.1 Å². The van der Waals surface area contributed by atoms with Gasteiger partial charge < -0.3 is 15.7 Å². The van der Waals surface area contributed by atoms with Crippen molar-refractivity contribution in [2.45, 2.75) is 44.7 Å². The molecule has 0 saturated carbocycles. The molecule has 0 spiro atoms. The average molecular weight is 499 g/mol. The molecule has 178 valence electrons. The molecular formula is C26H27ClN2O4S. The summed E-state index contributed by atoms with van der Waals surface area (Å²) in [4.78, 5) is 38.0. The Balaban J connectivity index is 1.69. The minimum atomic E-state index is -1.04. The van der Waals surface area contributed by atoms with Gasteiger partial charge in [-0.25, -0.2) is 0 Å². The van der Waals surface area contributed by atoms with Gasteiger partial charge in [0.1, 0.15) is 6.04 Å². The normalized spacial score (nSPS) is 12.1. The molecule has 0 aliphatic rings. The van der Waals surface area contributed by atoms with Crippen LogP contribution in [0.3, 0.4) is 0 Å². The van der Waals surface area contributed by atoms with Crippen molar-refractivity contribution in [3.05, 3.63) is 81.5 Å². The molecular weight excluding hydrogens is 472 g/mol. The first kappa shape index (κ1) is 25.5. The van der Waals surface area contributed by atoms with Crippen LogP contribution in [0.1, 0.15) is 41.9 Å². The van der Waals surface area contributed by atoms with Crippen LogP contribution in [-0.2, 0) is 16.0 Å². The highest BCUT2D eigenvalue weighted by atomic mass is 35.5. The Kier molecular flexibility index (Phi) is 8.47. The highest BCUT2D eigenvalue weighted by Gasteiger charge is 2.28. The number of carbonyl (C=O) groups excluding carboxylic acids is 2. The maximum Gasteiger partial charge on any atom is 0.303 e. The molecule has 3 rings (SSSR count). The number of nitrogens with one attached hydrogen (secondary N) is 2. The van der Waals surface area contributed by atoms with E-state index in [1.807, 2.05) is 62.4 Å². The number of thiophene rings is 1. The van der Waals surface area contributed by atoms with Crippen LogP contribution >= 0.6 is 22.9 Å². The summed E-state index contributed by atoms with van der Waals surface area (Å²) in [5.41, 5.74) is 1.77. The number of carbonyl (C=O) groups is 3. The van der Waals surface area contributed by atoms with Gasteiger partial charge in [-0.1, -0.05) is 54.1 Å². The monoisotopic (exact) mass is 498 g/mol. The van der Waals surface area contributed by atoms with Crippen molar-refractivity contribution in [2.24, 2.45) is 0 Å². The first-order valence-electron chi connectivity index (χ1n) is 10.9. The van der Waals surface area contributed by atoms with Crippen molar-refractivity contribution < 1.29 is 19.5 Å². The third-order valence-electron chi connectivity index (χ3n) is 5.23. The highest BCUT2D eigenvalue weighted by Crippen LogP contribution is 2.25.